The quantitative estimate of drug-likeness (QED) is 0.867. The number of aromatic nitrogens is 3. The summed E-state index contributed by atoms with van der Waals surface area (Å²) in [5.41, 5.74) is 2.25. The van der Waals surface area contributed by atoms with E-state index in [1.165, 1.54) is 6.20 Å². The number of nitrogens with zero attached hydrogens (tertiary/aromatic N) is 3. The molecule has 8 heteroatoms. The lowest BCUT2D eigenvalue weighted by atomic mass is 10.2. The van der Waals surface area contributed by atoms with Gasteiger partial charge in [0, 0.05) is 24.6 Å². The van der Waals surface area contributed by atoms with Gasteiger partial charge in [-0.25, -0.2) is 8.42 Å². The summed E-state index contributed by atoms with van der Waals surface area (Å²) in [5, 5.41) is 7.10. The molecule has 2 aromatic rings. The first-order valence-corrected chi connectivity index (χ1v) is 9.70. The topological polar surface area (TPSA) is 93.9 Å². The molecule has 1 aliphatic rings. The summed E-state index contributed by atoms with van der Waals surface area (Å²) < 4.78 is 24.9. The van der Waals surface area contributed by atoms with E-state index in [1.54, 1.807) is 24.0 Å². The van der Waals surface area contributed by atoms with Crippen molar-refractivity contribution in [3.63, 3.8) is 0 Å². The van der Waals surface area contributed by atoms with Crippen molar-refractivity contribution in [2.24, 2.45) is 0 Å². The molecule has 1 saturated heterocycles. The van der Waals surface area contributed by atoms with Gasteiger partial charge in [0.15, 0.2) is 9.84 Å². The van der Waals surface area contributed by atoms with Crippen LogP contribution in [0.3, 0.4) is 0 Å². The third-order valence-electron chi connectivity index (χ3n) is 4.27. The summed E-state index contributed by atoms with van der Waals surface area (Å²) in [7, 11) is -2.98. The molecule has 7 nitrogen and oxygen atoms in total. The van der Waals surface area contributed by atoms with Crippen molar-refractivity contribution in [1.82, 2.24) is 20.1 Å². The molecule has 0 radical (unpaired) electrons. The molecule has 3 rings (SSSR count). The molecule has 1 aliphatic heterocycles. The third-order valence-corrected chi connectivity index (χ3v) is 6.02. The lowest BCUT2D eigenvalue weighted by molar-refractivity contribution is 0.0953. The Labute approximate surface area is 141 Å². The standard InChI is InChI=1S/C16H20N4O3S/c1-12-15(10-19-20(12)14-5-8-24(22,23)11-14)16(21)18-7-4-13-3-2-6-17-9-13/h2-3,6,9-10,14H,4-5,7-8,11H2,1H3,(H,18,21)/t14-/m1/s1. The van der Waals surface area contributed by atoms with E-state index >= 15 is 0 Å². The highest BCUT2D eigenvalue weighted by Gasteiger charge is 2.31. The second-order valence-corrected chi connectivity index (χ2v) is 8.24. The van der Waals surface area contributed by atoms with Crippen LogP contribution in [0.2, 0.25) is 0 Å². The van der Waals surface area contributed by atoms with Gasteiger partial charge in [-0.2, -0.15) is 5.10 Å². The van der Waals surface area contributed by atoms with Crippen molar-refractivity contribution in [1.29, 1.82) is 0 Å². The highest BCUT2D eigenvalue weighted by molar-refractivity contribution is 7.91. The Morgan fingerprint density at radius 2 is 2.25 bits per heavy atom. The van der Waals surface area contributed by atoms with Crippen molar-refractivity contribution in [2.75, 3.05) is 18.1 Å². The number of amides is 1. The number of pyridine rings is 1. The Morgan fingerprint density at radius 3 is 2.92 bits per heavy atom. The fourth-order valence-corrected chi connectivity index (χ4v) is 4.64. The van der Waals surface area contributed by atoms with Crippen LogP contribution in [0.15, 0.2) is 30.7 Å². The Balaban J connectivity index is 1.62. The molecule has 1 fully saturated rings. The zero-order chi connectivity index (χ0) is 17.2. The largest absolute Gasteiger partial charge is 0.352 e. The summed E-state index contributed by atoms with van der Waals surface area (Å²) in [5.74, 6) is 0.0878. The molecule has 2 aromatic heterocycles. The molecule has 0 bridgehead atoms. The minimum atomic E-state index is -2.98. The van der Waals surface area contributed by atoms with Gasteiger partial charge < -0.3 is 5.32 Å². The van der Waals surface area contributed by atoms with Crippen LogP contribution in [-0.4, -0.2) is 47.1 Å². The highest BCUT2D eigenvalue weighted by atomic mass is 32.2. The van der Waals surface area contributed by atoms with E-state index in [0.717, 1.165) is 5.56 Å². The second-order valence-electron chi connectivity index (χ2n) is 6.01. The van der Waals surface area contributed by atoms with E-state index in [1.807, 2.05) is 12.1 Å². The second kappa shape index (κ2) is 6.72. The zero-order valence-corrected chi connectivity index (χ0v) is 14.3. The van der Waals surface area contributed by atoms with E-state index in [4.69, 9.17) is 0 Å². The number of carbonyl (C=O) groups is 1. The van der Waals surface area contributed by atoms with Crippen molar-refractivity contribution in [3.8, 4) is 0 Å². The van der Waals surface area contributed by atoms with Crippen molar-refractivity contribution >= 4 is 15.7 Å². The van der Waals surface area contributed by atoms with E-state index in [-0.39, 0.29) is 23.5 Å². The minimum Gasteiger partial charge on any atom is -0.352 e. The van der Waals surface area contributed by atoms with Crippen LogP contribution in [0, 0.1) is 6.92 Å². The molecule has 0 spiro atoms. The maximum absolute atomic E-state index is 12.3. The summed E-state index contributed by atoms with van der Waals surface area (Å²) in [6, 6.07) is 3.65. The van der Waals surface area contributed by atoms with Gasteiger partial charge in [0.25, 0.3) is 5.91 Å². The molecule has 1 atom stereocenters. The SMILES string of the molecule is Cc1c(C(=O)NCCc2cccnc2)cnn1[C@@H]1CCS(=O)(=O)C1. The average Bonchev–Trinajstić information content (AvgIpc) is 3.10. The summed E-state index contributed by atoms with van der Waals surface area (Å²) in [4.78, 5) is 16.4. The fraction of sp³-hybridized carbons (Fsp3) is 0.438. The zero-order valence-electron chi connectivity index (χ0n) is 13.5. The summed E-state index contributed by atoms with van der Waals surface area (Å²) >= 11 is 0. The molecule has 128 valence electrons. The highest BCUT2D eigenvalue weighted by Crippen LogP contribution is 2.25. The van der Waals surface area contributed by atoms with Gasteiger partial charge in [0.05, 0.1) is 29.3 Å². The van der Waals surface area contributed by atoms with Crippen LogP contribution < -0.4 is 5.32 Å². The first-order chi connectivity index (χ1) is 11.5. The Bertz CT molecular complexity index is 830. The molecule has 24 heavy (non-hydrogen) atoms. The molecule has 1 amide bonds. The number of sulfone groups is 1. The van der Waals surface area contributed by atoms with Gasteiger partial charge in [0.2, 0.25) is 0 Å². The fourth-order valence-electron chi connectivity index (χ4n) is 2.94. The number of rotatable bonds is 5. The van der Waals surface area contributed by atoms with Crippen LogP contribution >= 0.6 is 0 Å². The Morgan fingerprint density at radius 1 is 1.42 bits per heavy atom. The van der Waals surface area contributed by atoms with E-state index < -0.39 is 9.84 Å². The Kier molecular flexibility index (Phi) is 4.66. The van der Waals surface area contributed by atoms with Crippen molar-refractivity contribution < 1.29 is 13.2 Å². The van der Waals surface area contributed by atoms with Crippen LogP contribution in [0.25, 0.3) is 0 Å². The maximum atomic E-state index is 12.3. The number of nitrogens with one attached hydrogen (secondary N) is 1. The summed E-state index contributed by atoms with van der Waals surface area (Å²) in [6.07, 6.45) is 6.25. The average molecular weight is 348 g/mol. The molecule has 0 unspecified atom stereocenters. The monoisotopic (exact) mass is 348 g/mol. The molecule has 0 saturated carbocycles. The minimum absolute atomic E-state index is 0.0948. The first-order valence-electron chi connectivity index (χ1n) is 7.88. The van der Waals surface area contributed by atoms with E-state index in [9.17, 15) is 13.2 Å². The van der Waals surface area contributed by atoms with Crippen molar-refractivity contribution in [2.45, 2.75) is 25.8 Å². The van der Waals surface area contributed by atoms with Gasteiger partial charge in [-0.15, -0.1) is 0 Å². The summed E-state index contributed by atoms with van der Waals surface area (Å²) in [6.45, 7) is 2.31. The van der Waals surface area contributed by atoms with Crippen LogP contribution in [-0.2, 0) is 16.3 Å². The molecular weight excluding hydrogens is 328 g/mol. The predicted octanol–water partition coefficient (Wildman–Crippen LogP) is 0.919. The predicted molar refractivity (Wildman–Crippen MR) is 89.5 cm³/mol. The molecule has 1 N–H and O–H groups in total. The van der Waals surface area contributed by atoms with Gasteiger partial charge in [0.1, 0.15) is 0 Å². The van der Waals surface area contributed by atoms with Gasteiger partial charge in [-0.1, -0.05) is 6.07 Å². The van der Waals surface area contributed by atoms with Crippen LogP contribution in [0.5, 0.6) is 0 Å². The number of hydrogen-bond donors (Lipinski definition) is 1. The maximum Gasteiger partial charge on any atom is 0.254 e. The number of carbonyl (C=O) groups excluding carboxylic acids is 1. The van der Waals surface area contributed by atoms with Gasteiger partial charge in [-0.05, 0) is 31.4 Å². The third kappa shape index (κ3) is 3.64. The van der Waals surface area contributed by atoms with Crippen LogP contribution in [0.1, 0.15) is 34.1 Å². The lowest BCUT2D eigenvalue weighted by Gasteiger charge is -2.11. The number of hydrogen-bond acceptors (Lipinski definition) is 5. The molecular formula is C16H20N4O3S. The van der Waals surface area contributed by atoms with Crippen molar-refractivity contribution in [3.05, 3.63) is 47.5 Å². The Hall–Kier alpha value is -2.22. The van der Waals surface area contributed by atoms with Crippen LogP contribution in [0.4, 0.5) is 0 Å². The molecule has 0 aromatic carbocycles. The van der Waals surface area contributed by atoms with E-state index in [0.29, 0.717) is 30.6 Å². The smallest absolute Gasteiger partial charge is 0.254 e. The molecule has 0 aliphatic carbocycles. The lowest BCUT2D eigenvalue weighted by Crippen LogP contribution is -2.26. The first kappa shape index (κ1) is 16.6. The normalized spacial score (nSPS) is 19.3. The van der Waals surface area contributed by atoms with Gasteiger partial charge in [-0.3, -0.25) is 14.5 Å². The van der Waals surface area contributed by atoms with Gasteiger partial charge >= 0.3 is 0 Å². The van der Waals surface area contributed by atoms with E-state index in [2.05, 4.69) is 15.4 Å². The molecule has 3 heterocycles.